The number of alkyl halides is 3. The Bertz CT molecular complexity index is 371. The van der Waals surface area contributed by atoms with Crippen LogP contribution in [0.15, 0.2) is 17.3 Å². The summed E-state index contributed by atoms with van der Waals surface area (Å²) >= 11 is 1.59. The van der Waals surface area contributed by atoms with Crippen molar-refractivity contribution in [2.75, 3.05) is 5.75 Å². The summed E-state index contributed by atoms with van der Waals surface area (Å²) < 4.78 is 37.9. The molecule has 0 amide bonds. The van der Waals surface area contributed by atoms with Crippen LogP contribution in [-0.4, -0.2) is 27.1 Å². The summed E-state index contributed by atoms with van der Waals surface area (Å²) in [6.45, 7) is 0.386. The van der Waals surface area contributed by atoms with Gasteiger partial charge < -0.3 is 0 Å². The number of aliphatic imine (C=N–C) groups is 1. The SMILES string of the molecule is FC(F)(F)c1ccn(CC2N=CCS2)n1. The smallest absolute Gasteiger partial charge is 0.281 e. The summed E-state index contributed by atoms with van der Waals surface area (Å²) in [4.78, 5) is 4.10. The molecule has 1 aromatic heterocycles. The van der Waals surface area contributed by atoms with Crippen molar-refractivity contribution >= 4 is 18.0 Å². The van der Waals surface area contributed by atoms with Gasteiger partial charge in [-0.1, -0.05) is 0 Å². The average Bonchev–Trinajstić information content (AvgIpc) is 2.73. The normalized spacial score (nSPS) is 21.1. The summed E-state index contributed by atoms with van der Waals surface area (Å²) in [5.41, 5.74) is -0.852. The molecule has 15 heavy (non-hydrogen) atoms. The van der Waals surface area contributed by atoms with Gasteiger partial charge in [0.1, 0.15) is 5.37 Å². The Balaban J connectivity index is 2.04. The molecular weight excluding hydrogens is 227 g/mol. The van der Waals surface area contributed by atoms with Crippen LogP contribution < -0.4 is 0 Å². The van der Waals surface area contributed by atoms with Gasteiger partial charge in [-0.05, 0) is 6.07 Å². The summed E-state index contributed by atoms with van der Waals surface area (Å²) in [7, 11) is 0. The second-order valence-corrected chi connectivity index (χ2v) is 4.25. The molecule has 1 unspecified atom stereocenters. The lowest BCUT2D eigenvalue weighted by Crippen LogP contribution is -2.12. The molecule has 0 aliphatic carbocycles. The topological polar surface area (TPSA) is 30.2 Å². The van der Waals surface area contributed by atoms with E-state index in [9.17, 15) is 13.2 Å². The summed E-state index contributed by atoms with van der Waals surface area (Å²) in [6, 6.07) is 0.976. The Labute approximate surface area is 88.4 Å². The molecule has 1 atom stereocenters. The lowest BCUT2D eigenvalue weighted by atomic mass is 10.4. The lowest BCUT2D eigenvalue weighted by molar-refractivity contribution is -0.141. The minimum atomic E-state index is -4.36. The first-order valence-electron chi connectivity index (χ1n) is 4.29. The van der Waals surface area contributed by atoms with Crippen molar-refractivity contribution < 1.29 is 13.2 Å². The van der Waals surface area contributed by atoms with Crippen molar-refractivity contribution in [1.82, 2.24) is 9.78 Å². The van der Waals surface area contributed by atoms with Gasteiger partial charge in [-0.3, -0.25) is 9.67 Å². The van der Waals surface area contributed by atoms with Crippen LogP contribution in [0.4, 0.5) is 13.2 Å². The Hall–Kier alpha value is -0.980. The molecule has 7 heteroatoms. The van der Waals surface area contributed by atoms with Crippen molar-refractivity contribution in [2.45, 2.75) is 18.1 Å². The monoisotopic (exact) mass is 235 g/mol. The van der Waals surface area contributed by atoms with E-state index in [0.29, 0.717) is 6.54 Å². The number of hydrogen-bond donors (Lipinski definition) is 0. The molecular formula is C8H8F3N3S. The summed E-state index contributed by atoms with van der Waals surface area (Å²) in [5.74, 6) is 0.818. The van der Waals surface area contributed by atoms with Crippen LogP contribution in [0.25, 0.3) is 0 Å². The third kappa shape index (κ3) is 2.53. The second-order valence-electron chi connectivity index (χ2n) is 3.04. The number of nitrogens with zero attached hydrogens (tertiary/aromatic N) is 3. The molecule has 0 spiro atoms. The van der Waals surface area contributed by atoms with Crippen LogP contribution in [-0.2, 0) is 12.7 Å². The molecule has 0 aromatic carbocycles. The zero-order chi connectivity index (χ0) is 10.9. The standard InChI is InChI=1S/C8H8F3N3S/c9-8(10,11)6-1-3-14(13-6)5-7-12-2-4-15-7/h1-3,7H,4-5H2. The van der Waals surface area contributed by atoms with E-state index in [1.807, 2.05) is 0 Å². The van der Waals surface area contributed by atoms with Crippen LogP contribution in [0, 0.1) is 0 Å². The minimum Gasteiger partial charge on any atom is -0.281 e. The average molecular weight is 235 g/mol. The third-order valence-electron chi connectivity index (χ3n) is 1.91. The largest absolute Gasteiger partial charge is 0.435 e. The van der Waals surface area contributed by atoms with Crippen molar-refractivity contribution in [3.05, 3.63) is 18.0 Å². The summed E-state index contributed by atoms with van der Waals surface area (Å²) in [6.07, 6.45) is -1.27. The Kier molecular flexibility index (Phi) is 2.72. The number of rotatable bonds is 2. The quantitative estimate of drug-likeness (QED) is 0.785. The summed E-state index contributed by atoms with van der Waals surface area (Å²) in [5, 5.41) is 3.44. The molecule has 1 aliphatic rings. The lowest BCUT2D eigenvalue weighted by Gasteiger charge is -2.06. The Morgan fingerprint density at radius 1 is 1.53 bits per heavy atom. The van der Waals surface area contributed by atoms with E-state index >= 15 is 0 Å². The molecule has 0 fully saturated rings. The highest BCUT2D eigenvalue weighted by Crippen LogP contribution is 2.27. The molecule has 1 aliphatic heterocycles. The van der Waals surface area contributed by atoms with Gasteiger partial charge in [-0.15, -0.1) is 11.8 Å². The molecule has 0 saturated carbocycles. The van der Waals surface area contributed by atoms with E-state index in [1.54, 1.807) is 18.0 Å². The highest BCUT2D eigenvalue weighted by Gasteiger charge is 2.33. The third-order valence-corrected chi connectivity index (χ3v) is 2.91. The first-order valence-corrected chi connectivity index (χ1v) is 5.34. The van der Waals surface area contributed by atoms with Crippen molar-refractivity contribution in [3.8, 4) is 0 Å². The molecule has 1 aromatic rings. The highest BCUT2D eigenvalue weighted by atomic mass is 32.2. The Morgan fingerprint density at radius 3 is 2.87 bits per heavy atom. The fraction of sp³-hybridized carbons (Fsp3) is 0.500. The minimum absolute atomic E-state index is 0.00835. The van der Waals surface area contributed by atoms with Crippen molar-refractivity contribution in [2.24, 2.45) is 4.99 Å². The van der Waals surface area contributed by atoms with Gasteiger partial charge in [-0.2, -0.15) is 18.3 Å². The maximum atomic E-state index is 12.2. The van der Waals surface area contributed by atoms with E-state index < -0.39 is 11.9 Å². The maximum absolute atomic E-state index is 12.2. The second kappa shape index (κ2) is 3.88. The first-order chi connectivity index (χ1) is 7.05. The van der Waals surface area contributed by atoms with E-state index in [-0.39, 0.29) is 5.37 Å². The van der Waals surface area contributed by atoms with Crippen LogP contribution in [0.1, 0.15) is 5.69 Å². The fourth-order valence-electron chi connectivity index (χ4n) is 1.23. The predicted molar refractivity (Wildman–Crippen MR) is 52.0 cm³/mol. The van der Waals surface area contributed by atoms with Gasteiger partial charge in [-0.25, -0.2) is 0 Å². The molecule has 0 bridgehead atoms. The van der Waals surface area contributed by atoms with Crippen LogP contribution in [0.3, 0.4) is 0 Å². The fourth-order valence-corrected chi connectivity index (χ4v) is 2.06. The van der Waals surface area contributed by atoms with Gasteiger partial charge in [0.2, 0.25) is 0 Å². The molecule has 82 valence electrons. The van der Waals surface area contributed by atoms with E-state index in [4.69, 9.17) is 0 Å². The van der Waals surface area contributed by atoms with Gasteiger partial charge in [0, 0.05) is 18.2 Å². The Morgan fingerprint density at radius 2 is 2.33 bits per heavy atom. The number of halogens is 3. The first kappa shape index (κ1) is 10.5. The van der Waals surface area contributed by atoms with Crippen LogP contribution in [0.5, 0.6) is 0 Å². The predicted octanol–water partition coefficient (Wildman–Crippen LogP) is 2.05. The maximum Gasteiger partial charge on any atom is 0.435 e. The zero-order valence-electron chi connectivity index (χ0n) is 7.61. The van der Waals surface area contributed by atoms with Crippen LogP contribution >= 0.6 is 11.8 Å². The molecule has 0 N–H and O–H groups in total. The van der Waals surface area contributed by atoms with E-state index in [1.165, 1.54) is 10.9 Å². The molecule has 2 rings (SSSR count). The van der Waals surface area contributed by atoms with E-state index in [0.717, 1.165) is 11.8 Å². The number of hydrogen-bond acceptors (Lipinski definition) is 3. The van der Waals surface area contributed by atoms with Crippen molar-refractivity contribution in [1.29, 1.82) is 0 Å². The van der Waals surface area contributed by atoms with Crippen molar-refractivity contribution in [3.63, 3.8) is 0 Å². The van der Waals surface area contributed by atoms with E-state index in [2.05, 4.69) is 10.1 Å². The van der Waals surface area contributed by atoms with Gasteiger partial charge in [0.05, 0.1) is 6.54 Å². The molecule has 3 nitrogen and oxygen atoms in total. The van der Waals surface area contributed by atoms with Gasteiger partial charge in [0.25, 0.3) is 0 Å². The molecule has 0 radical (unpaired) electrons. The highest BCUT2D eigenvalue weighted by molar-refractivity contribution is 8.00. The number of aromatic nitrogens is 2. The van der Waals surface area contributed by atoms with Gasteiger partial charge in [0.15, 0.2) is 5.69 Å². The van der Waals surface area contributed by atoms with Crippen LogP contribution in [0.2, 0.25) is 0 Å². The number of thioether (sulfide) groups is 1. The molecule has 2 heterocycles. The van der Waals surface area contributed by atoms with Gasteiger partial charge >= 0.3 is 6.18 Å². The zero-order valence-corrected chi connectivity index (χ0v) is 8.42. The molecule has 0 saturated heterocycles.